The number of carboxylic acids is 1. The molecule has 1 fully saturated rings. The first-order chi connectivity index (χ1) is 11.5. The topological polar surface area (TPSA) is 50.2 Å². The van der Waals surface area contributed by atoms with Crippen LogP contribution in [0.1, 0.15) is 34.8 Å². The molecule has 0 amide bonds. The Morgan fingerprint density at radius 2 is 1.83 bits per heavy atom. The largest absolute Gasteiger partial charge is 0.478 e. The van der Waals surface area contributed by atoms with Gasteiger partial charge in [-0.1, -0.05) is 35.3 Å². The molecule has 24 heavy (non-hydrogen) atoms. The summed E-state index contributed by atoms with van der Waals surface area (Å²) < 4.78 is 0. The highest BCUT2D eigenvalue weighted by Crippen LogP contribution is 2.45. The van der Waals surface area contributed by atoms with E-state index in [9.17, 15) is 9.90 Å². The van der Waals surface area contributed by atoms with E-state index in [0.29, 0.717) is 21.3 Å². The van der Waals surface area contributed by atoms with Gasteiger partial charge in [0.25, 0.3) is 0 Å². The van der Waals surface area contributed by atoms with E-state index in [1.165, 1.54) is 0 Å². The summed E-state index contributed by atoms with van der Waals surface area (Å²) in [6.45, 7) is 0. The number of carboxylic acid groups (broad SMARTS) is 1. The second-order valence-corrected chi connectivity index (χ2v) is 6.87. The summed E-state index contributed by atoms with van der Waals surface area (Å²) in [7, 11) is 0. The van der Waals surface area contributed by atoms with Crippen molar-refractivity contribution in [3.05, 3.63) is 63.8 Å². The van der Waals surface area contributed by atoms with E-state index in [-0.39, 0.29) is 11.5 Å². The van der Waals surface area contributed by atoms with Crippen molar-refractivity contribution in [2.24, 2.45) is 0 Å². The standard InChI is InChI=1S/C19H13Cl2NO2/c20-12-3-1-2-11(8-12)16-14-9-13(21)6-7-15(14)22-18(10-4-5-10)17(16)19(23)24/h1-3,6-10H,4-5H2,(H,23,24). The normalized spacial score (nSPS) is 14.1. The van der Waals surface area contributed by atoms with Crippen LogP contribution in [0.15, 0.2) is 42.5 Å². The van der Waals surface area contributed by atoms with Crippen molar-refractivity contribution in [3.8, 4) is 11.1 Å². The van der Waals surface area contributed by atoms with E-state index in [2.05, 4.69) is 4.98 Å². The number of nitrogens with zero attached hydrogens (tertiary/aromatic N) is 1. The van der Waals surface area contributed by atoms with Crippen LogP contribution in [0.4, 0.5) is 0 Å². The molecule has 1 aromatic heterocycles. The fourth-order valence-corrected chi connectivity index (χ4v) is 3.43. The molecule has 3 nitrogen and oxygen atoms in total. The van der Waals surface area contributed by atoms with E-state index in [1.807, 2.05) is 18.2 Å². The molecule has 2 aromatic carbocycles. The first kappa shape index (κ1) is 15.4. The van der Waals surface area contributed by atoms with Gasteiger partial charge in [-0.2, -0.15) is 0 Å². The number of hydrogen-bond donors (Lipinski definition) is 1. The summed E-state index contributed by atoms with van der Waals surface area (Å²) in [4.78, 5) is 16.7. The van der Waals surface area contributed by atoms with Gasteiger partial charge in [-0.15, -0.1) is 0 Å². The second kappa shape index (κ2) is 5.76. The zero-order valence-electron chi connectivity index (χ0n) is 12.6. The fourth-order valence-electron chi connectivity index (χ4n) is 3.07. The van der Waals surface area contributed by atoms with Crippen LogP contribution >= 0.6 is 23.2 Å². The van der Waals surface area contributed by atoms with Crippen LogP contribution in [-0.4, -0.2) is 16.1 Å². The van der Waals surface area contributed by atoms with Crippen molar-refractivity contribution in [3.63, 3.8) is 0 Å². The number of hydrogen-bond acceptors (Lipinski definition) is 2. The Balaban J connectivity index is 2.15. The summed E-state index contributed by atoms with van der Waals surface area (Å²) in [6.07, 6.45) is 1.95. The zero-order valence-corrected chi connectivity index (χ0v) is 14.1. The van der Waals surface area contributed by atoms with Crippen molar-refractivity contribution < 1.29 is 9.90 Å². The van der Waals surface area contributed by atoms with Crippen molar-refractivity contribution in [1.82, 2.24) is 4.98 Å². The van der Waals surface area contributed by atoms with Gasteiger partial charge < -0.3 is 5.11 Å². The minimum Gasteiger partial charge on any atom is -0.478 e. The summed E-state index contributed by atoms with van der Waals surface area (Å²) in [5, 5.41) is 11.7. The molecule has 1 N–H and O–H groups in total. The Morgan fingerprint density at radius 1 is 1.08 bits per heavy atom. The lowest BCUT2D eigenvalue weighted by molar-refractivity contribution is 0.0696. The third kappa shape index (κ3) is 2.64. The number of aromatic carboxylic acids is 1. The molecular formula is C19H13Cl2NO2. The zero-order chi connectivity index (χ0) is 16.8. The molecule has 1 saturated carbocycles. The van der Waals surface area contributed by atoms with Gasteiger partial charge in [-0.05, 0) is 48.7 Å². The number of carbonyl (C=O) groups is 1. The SMILES string of the molecule is O=C(O)c1c(C2CC2)nc2ccc(Cl)cc2c1-c1cccc(Cl)c1. The van der Waals surface area contributed by atoms with E-state index in [1.54, 1.807) is 24.3 Å². The summed E-state index contributed by atoms with van der Waals surface area (Å²) in [6, 6.07) is 12.6. The Morgan fingerprint density at radius 3 is 2.50 bits per heavy atom. The molecule has 3 aromatic rings. The molecule has 1 aliphatic carbocycles. The Bertz CT molecular complexity index is 981. The fraction of sp³-hybridized carbons (Fsp3) is 0.158. The molecule has 1 heterocycles. The third-order valence-corrected chi connectivity index (χ3v) is 4.74. The lowest BCUT2D eigenvalue weighted by Gasteiger charge is -2.15. The van der Waals surface area contributed by atoms with Crippen LogP contribution in [0.2, 0.25) is 10.0 Å². The number of halogens is 2. The van der Waals surface area contributed by atoms with Gasteiger partial charge in [-0.25, -0.2) is 4.79 Å². The molecule has 0 unspecified atom stereocenters. The number of pyridine rings is 1. The quantitative estimate of drug-likeness (QED) is 0.645. The van der Waals surface area contributed by atoms with Crippen molar-refractivity contribution in [2.45, 2.75) is 18.8 Å². The molecule has 0 saturated heterocycles. The van der Waals surface area contributed by atoms with Gasteiger partial charge in [0.2, 0.25) is 0 Å². The minimum atomic E-state index is -0.971. The summed E-state index contributed by atoms with van der Waals surface area (Å²) in [5.41, 5.74) is 3.07. The maximum atomic E-state index is 12.1. The van der Waals surface area contributed by atoms with Gasteiger partial charge in [0.15, 0.2) is 0 Å². The Hall–Kier alpha value is -2.10. The molecule has 0 bridgehead atoms. The van der Waals surface area contributed by atoms with Crippen molar-refractivity contribution in [1.29, 1.82) is 0 Å². The molecular weight excluding hydrogens is 345 g/mol. The Kier molecular flexibility index (Phi) is 3.70. The highest BCUT2D eigenvalue weighted by atomic mass is 35.5. The molecule has 1 aliphatic rings. The number of fused-ring (bicyclic) bond motifs is 1. The van der Waals surface area contributed by atoms with E-state index in [0.717, 1.165) is 29.3 Å². The van der Waals surface area contributed by atoms with Crippen LogP contribution in [0.3, 0.4) is 0 Å². The molecule has 5 heteroatoms. The van der Waals surface area contributed by atoms with Crippen LogP contribution in [0.5, 0.6) is 0 Å². The lowest BCUT2D eigenvalue weighted by Crippen LogP contribution is -2.08. The predicted octanol–water partition coefficient (Wildman–Crippen LogP) is 5.78. The number of rotatable bonds is 3. The van der Waals surface area contributed by atoms with Gasteiger partial charge in [0, 0.05) is 26.9 Å². The molecule has 0 aliphatic heterocycles. The predicted molar refractivity (Wildman–Crippen MR) is 96.1 cm³/mol. The number of benzene rings is 2. The van der Waals surface area contributed by atoms with E-state index >= 15 is 0 Å². The molecule has 0 radical (unpaired) electrons. The average Bonchev–Trinajstić information content (AvgIpc) is 3.37. The molecule has 0 atom stereocenters. The summed E-state index contributed by atoms with van der Waals surface area (Å²) in [5.74, 6) is -0.754. The monoisotopic (exact) mass is 357 g/mol. The minimum absolute atomic E-state index is 0.217. The van der Waals surface area contributed by atoms with Crippen molar-refractivity contribution in [2.75, 3.05) is 0 Å². The van der Waals surface area contributed by atoms with E-state index in [4.69, 9.17) is 23.2 Å². The lowest BCUT2D eigenvalue weighted by atomic mass is 9.93. The highest BCUT2D eigenvalue weighted by Gasteiger charge is 2.32. The molecule has 120 valence electrons. The first-order valence-electron chi connectivity index (χ1n) is 7.67. The van der Waals surface area contributed by atoms with Crippen LogP contribution in [0.25, 0.3) is 22.0 Å². The van der Waals surface area contributed by atoms with Crippen LogP contribution in [0, 0.1) is 0 Å². The van der Waals surface area contributed by atoms with Crippen LogP contribution in [-0.2, 0) is 0 Å². The van der Waals surface area contributed by atoms with Gasteiger partial charge >= 0.3 is 5.97 Å². The summed E-state index contributed by atoms with van der Waals surface area (Å²) >= 11 is 12.3. The Labute approximate surface area is 148 Å². The maximum Gasteiger partial charge on any atom is 0.338 e. The highest BCUT2D eigenvalue weighted by molar-refractivity contribution is 6.32. The average molecular weight is 358 g/mol. The second-order valence-electron chi connectivity index (χ2n) is 6.00. The third-order valence-electron chi connectivity index (χ3n) is 4.27. The maximum absolute atomic E-state index is 12.1. The van der Waals surface area contributed by atoms with Gasteiger partial charge in [-0.3, -0.25) is 4.98 Å². The molecule has 0 spiro atoms. The van der Waals surface area contributed by atoms with E-state index < -0.39 is 5.97 Å². The first-order valence-corrected chi connectivity index (χ1v) is 8.42. The van der Waals surface area contributed by atoms with Gasteiger partial charge in [0.1, 0.15) is 0 Å². The van der Waals surface area contributed by atoms with Crippen molar-refractivity contribution >= 4 is 40.1 Å². The molecule has 4 rings (SSSR count). The number of aromatic nitrogens is 1. The van der Waals surface area contributed by atoms with Crippen LogP contribution < -0.4 is 0 Å². The smallest absolute Gasteiger partial charge is 0.338 e. The van der Waals surface area contributed by atoms with Gasteiger partial charge in [0.05, 0.1) is 16.8 Å².